The first kappa shape index (κ1) is 24.6. The number of benzene rings is 3. The van der Waals surface area contributed by atoms with Crippen LogP contribution in [0.1, 0.15) is 11.1 Å². The van der Waals surface area contributed by atoms with Gasteiger partial charge in [-0.2, -0.15) is 0 Å². The normalized spacial score (nSPS) is 11.5. The molecule has 0 unspecified atom stereocenters. The maximum absolute atomic E-state index is 13.2. The van der Waals surface area contributed by atoms with Gasteiger partial charge in [-0.25, -0.2) is 18.5 Å². The second-order valence-electron chi connectivity index (χ2n) is 7.87. The minimum absolute atomic E-state index is 0.0473. The quantitative estimate of drug-likeness (QED) is 0.265. The van der Waals surface area contributed by atoms with E-state index < -0.39 is 10.0 Å². The highest BCUT2D eigenvalue weighted by Crippen LogP contribution is 2.19. The Balaban J connectivity index is 1.42. The van der Waals surface area contributed by atoms with Crippen molar-refractivity contribution in [2.24, 2.45) is 5.14 Å². The summed E-state index contributed by atoms with van der Waals surface area (Å²) >= 11 is 1.21. The summed E-state index contributed by atoms with van der Waals surface area (Å²) in [6.07, 6.45) is 0.536. The molecule has 3 aromatic carbocycles. The van der Waals surface area contributed by atoms with E-state index >= 15 is 0 Å². The largest absolute Gasteiger partial charge is 0.355 e. The van der Waals surface area contributed by atoms with E-state index in [-0.39, 0.29) is 22.1 Å². The van der Waals surface area contributed by atoms with Crippen LogP contribution in [0.15, 0.2) is 93.7 Å². The van der Waals surface area contributed by atoms with Gasteiger partial charge < -0.3 is 5.32 Å². The van der Waals surface area contributed by atoms with Gasteiger partial charge in [0.15, 0.2) is 5.16 Å². The molecule has 0 bridgehead atoms. The summed E-state index contributed by atoms with van der Waals surface area (Å²) in [4.78, 5) is 30.3. The number of rotatable bonds is 9. The van der Waals surface area contributed by atoms with Crippen molar-refractivity contribution in [2.75, 3.05) is 12.3 Å². The number of nitrogens with zero attached hydrogens (tertiary/aromatic N) is 2. The molecule has 4 aromatic rings. The molecular weight excluding hydrogens is 484 g/mol. The van der Waals surface area contributed by atoms with E-state index in [4.69, 9.17) is 5.14 Å². The molecule has 0 radical (unpaired) electrons. The third kappa shape index (κ3) is 6.36. The number of primary sulfonamides is 1. The van der Waals surface area contributed by atoms with Crippen LogP contribution in [0.3, 0.4) is 0 Å². The van der Waals surface area contributed by atoms with Crippen LogP contribution in [0.5, 0.6) is 0 Å². The minimum atomic E-state index is -3.73. The van der Waals surface area contributed by atoms with E-state index in [1.807, 2.05) is 36.4 Å². The summed E-state index contributed by atoms with van der Waals surface area (Å²) in [6.45, 7) is 0.742. The van der Waals surface area contributed by atoms with Gasteiger partial charge in [-0.1, -0.05) is 66.4 Å². The molecule has 0 aliphatic heterocycles. The number of sulfonamides is 1. The SMILES string of the molecule is NS(=O)(=O)c1ccc(CCNC(=O)CSc2nc3ccccc3c(=O)n2Cc2ccccc2)cc1. The van der Waals surface area contributed by atoms with Crippen molar-refractivity contribution >= 4 is 38.6 Å². The standard InChI is InChI=1S/C25H24N4O4S2/c26-35(32,33)20-12-10-18(11-13-20)14-15-27-23(30)17-34-25-28-22-9-5-4-8-21(22)24(31)29(25)16-19-6-2-1-3-7-19/h1-13H,14-17H2,(H,27,30)(H2,26,32,33). The van der Waals surface area contributed by atoms with E-state index in [2.05, 4.69) is 10.3 Å². The van der Waals surface area contributed by atoms with Gasteiger partial charge in [0.1, 0.15) is 0 Å². The second kappa shape index (κ2) is 10.9. The van der Waals surface area contributed by atoms with Crippen LogP contribution in [0.25, 0.3) is 10.9 Å². The number of fused-ring (bicyclic) bond motifs is 1. The lowest BCUT2D eigenvalue weighted by molar-refractivity contribution is -0.118. The van der Waals surface area contributed by atoms with Gasteiger partial charge in [0.25, 0.3) is 5.56 Å². The second-order valence-corrected chi connectivity index (χ2v) is 10.4. The summed E-state index contributed by atoms with van der Waals surface area (Å²) in [5.74, 6) is -0.0889. The molecule has 8 nitrogen and oxygen atoms in total. The third-order valence-electron chi connectivity index (χ3n) is 5.33. The molecule has 0 fully saturated rings. The van der Waals surface area contributed by atoms with E-state index in [0.29, 0.717) is 35.6 Å². The predicted molar refractivity (Wildman–Crippen MR) is 137 cm³/mol. The van der Waals surface area contributed by atoms with Gasteiger partial charge in [-0.05, 0) is 41.8 Å². The van der Waals surface area contributed by atoms with Crippen molar-refractivity contribution in [2.45, 2.75) is 23.0 Å². The topological polar surface area (TPSA) is 124 Å². The zero-order chi connectivity index (χ0) is 24.8. The maximum atomic E-state index is 13.2. The molecule has 1 heterocycles. The molecule has 0 aliphatic rings. The molecule has 0 spiro atoms. The summed E-state index contributed by atoms with van der Waals surface area (Å²) in [6, 6.07) is 23.0. The third-order valence-corrected chi connectivity index (χ3v) is 7.24. The van der Waals surface area contributed by atoms with Gasteiger partial charge in [0.2, 0.25) is 15.9 Å². The highest BCUT2D eigenvalue weighted by atomic mass is 32.2. The Morgan fingerprint density at radius 3 is 2.34 bits per heavy atom. The maximum Gasteiger partial charge on any atom is 0.262 e. The van der Waals surface area contributed by atoms with Crippen LogP contribution < -0.4 is 16.0 Å². The van der Waals surface area contributed by atoms with Crippen LogP contribution in [0, 0.1) is 0 Å². The zero-order valence-electron chi connectivity index (χ0n) is 18.8. The Bertz CT molecular complexity index is 1500. The Morgan fingerprint density at radius 1 is 0.943 bits per heavy atom. The number of aromatic nitrogens is 2. The smallest absolute Gasteiger partial charge is 0.262 e. The van der Waals surface area contributed by atoms with Crippen LogP contribution in [-0.2, 0) is 27.8 Å². The molecule has 10 heteroatoms. The Morgan fingerprint density at radius 2 is 1.63 bits per heavy atom. The fourth-order valence-electron chi connectivity index (χ4n) is 3.54. The van der Waals surface area contributed by atoms with Crippen molar-refractivity contribution in [3.8, 4) is 0 Å². The first-order chi connectivity index (χ1) is 16.8. The van der Waals surface area contributed by atoms with E-state index in [0.717, 1.165) is 11.1 Å². The molecule has 1 aromatic heterocycles. The lowest BCUT2D eigenvalue weighted by atomic mass is 10.1. The number of thioether (sulfide) groups is 1. The van der Waals surface area contributed by atoms with Crippen molar-refractivity contribution in [1.82, 2.24) is 14.9 Å². The van der Waals surface area contributed by atoms with Crippen LogP contribution in [0.4, 0.5) is 0 Å². The molecule has 3 N–H and O–H groups in total. The van der Waals surface area contributed by atoms with Crippen molar-refractivity contribution in [3.05, 3.63) is 100 Å². The minimum Gasteiger partial charge on any atom is -0.355 e. The number of nitrogens with one attached hydrogen (secondary N) is 1. The molecule has 180 valence electrons. The van der Waals surface area contributed by atoms with Crippen molar-refractivity contribution < 1.29 is 13.2 Å². The number of hydrogen-bond donors (Lipinski definition) is 2. The van der Waals surface area contributed by atoms with Gasteiger partial charge in [0.05, 0.1) is 28.1 Å². The first-order valence-electron chi connectivity index (χ1n) is 10.9. The molecular formula is C25H24N4O4S2. The summed E-state index contributed by atoms with van der Waals surface area (Å²) in [7, 11) is -3.73. The summed E-state index contributed by atoms with van der Waals surface area (Å²) in [5.41, 5.74) is 2.28. The zero-order valence-corrected chi connectivity index (χ0v) is 20.4. The summed E-state index contributed by atoms with van der Waals surface area (Å²) in [5, 5.41) is 8.97. The summed E-state index contributed by atoms with van der Waals surface area (Å²) < 4.78 is 24.3. The molecule has 0 saturated carbocycles. The van der Waals surface area contributed by atoms with Crippen molar-refractivity contribution in [1.29, 1.82) is 0 Å². The van der Waals surface area contributed by atoms with Crippen LogP contribution in [0.2, 0.25) is 0 Å². The lowest BCUT2D eigenvalue weighted by Gasteiger charge is -2.13. The number of carbonyl (C=O) groups excluding carboxylic acids is 1. The highest BCUT2D eigenvalue weighted by molar-refractivity contribution is 7.99. The van der Waals surface area contributed by atoms with Crippen LogP contribution in [-0.4, -0.2) is 36.2 Å². The highest BCUT2D eigenvalue weighted by Gasteiger charge is 2.14. The molecule has 0 atom stereocenters. The number of carbonyl (C=O) groups is 1. The predicted octanol–water partition coefficient (Wildman–Crippen LogP) is 2.54. The number of para-hydroxylation sites is 1. The van der Waals surface area contributed by atoms with Crippen LogP contribution >= 0.6 is 11.8 Å². The molecule has 4 rings (SSSR count). The van der Waals surface area contributed by atoms with Gasteiger partial charge in [0, 0.05) is 6.54 Å². The molecule has 0 aliphatic carbocycles. The van der Waals surface area contributed by atoms with E-state index in [1.54, 1.807) is 34.9 Å². The molecule has 1 amide bonds. The molecule has 35 heavy (non-hydrogen) atoms. The number of amides is 1. The van der Waals surface area contributed by atoms with Crippen molar-refractivity contribution in [3.63, 3.8) is 0 Å². The fraction of sp³-hybridized carbons (Fsp3) is 0.160. The average Bonchev–Trinajstić information content (AvgIpc) is 2.85. The number of hydrogen-bond acceptors (Lipinski definition) is 6. The monoisotopic (exact) mass is 508 g/mol. The average molecular weight is 509 g/mol. The van der Waals surface area contributed by atoms with Gasteiger partial charge >= 0.3 is 0 Å². The first-order valence-corrected chi connectivity index (χ1v) is 13.4. The van der Waals surface area contributed by atoms with E-state index in [9.17, 15) is 18.0 Å². The number of nitrogens with two attached hydrogens (primary N) is 1. The fourth-order valence-corrected chi connectivity index (χ4v) is 4.88. The van der Waals surface area contributed by atoms with E-state index in [1.165, 1.54) is 23.9 Å². The Kier molecular flexibility index (Phi) is 7.64. The Labute approximate surface area is 207 Å². The molecule has 0 saturated heterocycles. The Hall–Kier alpha value is -3.47. The van der Waals surface area contributed by atoms with Gasteiger partial charge in [-0.3, -0.25) is 14.2 Å². The van der Waals surface area contributed by atoms with Gasteiger partial charge in [-0.15, -0.1) is 0 Å². The lowest BCUT2D eigenvalue weighted by Crippen LogP contribution is -2.28.